The normalized spacial score (nSPS) is 12.3. The van der Waals surface area contributed by atoms with E-state index in [0.717, 1.165) is 5.56 Å². The molecule has 0 radical (unpaired) electrons. The summed E-state index contributed by atoms with van der Waals surface area (Å²) >= 11 is 0. The lowest BCUT2D eigenvalue weighted by Gasteiger charge is -2.22. The Morgan fingerprint density at radius 1 is 0.976 bits per heavy atom. The summed E-state index contributed by atoms with van der Waals surface area (Å²) in [6.07, 6.45) is 2.96. The minimum Gasteiger partial charge on any atom is -0.497 e. The first-order valence-electron chi connectivity index (χ1n) is 13.4. The standard InChI is InChI=1S/C31H36N4O7/c1-4-42-29(37)17-11-21(10-16-28(32)36)33-31(39)26(18-20-8-6-5-7-9-20)35-30(38)25-14-13-24(34-25)23-19-22(40-2)12-15-27(23)41-3/h5-9,11-15,17,19,21,26,34H,4,10,16,18H2,1-3H3,(H2,32,36)(H,33,39)(H,35,38)/t21-,26-/m0/s1. The third-order valence-electron chi connectivity index (χ3n) is 6.31. The van der Waals surface area contributed by atoms with E-state index in [1.54, 1.807) is 51.5 Å². The van der Waals surface area contributed by atoms with Crippen molar-refractivity contribution < 1.29 is 33.4 Å². The molecule has 1 heterocycles. The second kappa shape index (κ2) is 15.7. The highest BCUT2D eigenvalue weighted by atomic mass is 16.5. The molecule has 0 unspecified atom stereocenters. The van der Waals surface area contributed by atoms with Gasteiger partial charge in [-0.25, -0.2) is 4.79 Å². The molecule has 0 fully saturated rings. The van der Waals surface area contributed by atoms with Crippen LogP contribution in [0.3, 0.4) is 0 Å². The van der Waals surface area contributed by atoms with Crippen molar-refractivity contribution in [3.05, 3.63) is 84.1 Å². The number of primary amides is 1. The molecule has 3 amide bonds. The Hall–Kier alpha value is -5.06. The summed E-state index contributed by atoms with van der Waals surface area (Å²) in [6, 6.07) is 16.2. The summed E-state index contributed by atoms with van der Waals surface area (Å²) in [4.78, 5) is 53.2. The van der Waals surface area contributed by atoms with E-state index in [0.29, 0.717) is 22.8 Å². The van der Waals surface area contributed by atoms with Crippen molar-refractivity contribution in [1.29, 1.82) is 0 Å². The van der Waals surface area contributed by atoms with E-state index < -0.39 is 35.8 Å². The fraction of sp³-hybridized carbons (Fsp3) is 0.290. The molecule has 3 rings (SSSR count). The molecule has 0 spiro atoms. The molecule has 11 heteroatoms. The van der Waals surface area contributed by atoms with Gasteiger partial charge in [0.15, 0.2) is 0 Å². The Morgan fingerprint density at radius 3 is 2.40 bits per heavy atom. The highest BCUT2D eigenvalue weighted by molar-refractivity contribution is 5.97. The number of rotatable bonds is 15. The minimum absolute atomic E-state index is 0.0210. The number of hydrogen-bond donors (Lipinski definition) is 4. The molecule has 2 aromatic carbocycles. The molecule has 2 atom stereocenters. The van der Waals surface area contributed by atoms with E-state index in [1.807, 2.05) is 30.3 Å². The number of H-pyrrole nitrogens is 1. The van der Waals surface area contributed by atoms with Gasteiger partial charge in [-0.3, -0.25) is 14.4 Å². The second-order valence-corrected chi connectivity index (χ2v) is 9.30. The number of aromatic amines is 1. The number of esters is 1. The van der Waals surface area contributed by atoms with Crippen molar-refractivity contribution in [2.24, 2.45) is 5.73 Å². The van der Waals surface area contributed by atoms with Crippen molar-refractivity contribution in [2.75, 3.05) is 20.8 Å². The molecule has 1 aromatic heterocycles. The van der Waals surface area contributed by atoms with Crippen molar-refractivity contribution >= 4 is 23.7 Å². The summed E-state index contributed by atoms with van der Waals surface area (Å²) in [5.74, 6) is -0.938. The Kier molecular flexibility index (Phi) is 11.7. The summed E-state index contributed by atoms with van der Waals surface area (Å²) in [6.45, 7) is 1.87. The smallest absolute Gasteiger partial charge is 0.330 e. The van der Waals surface area contributed by atoms with Gasteiger partial charge in [0.2, 0.25) is 11.8 Å². The second-order valence-electron chi connectivity index (χ2n) is 9.30. The van der Waals surface area contributed by atoms with Gasteiger partial charge >= 0.3 is 5.97 Å². The molecule has 0 aliphatic heterocycles. The first-order chi connectivity index (χ1) is 20.2. The molecule has 0 saturated carbocycles. The predicted octanol–water partition coefficient (Wildman–Crippen LogP) is 2.91. The maximum atomic E-state index is 13.5. The molecular formula is C31H36N4O7. The number of nitrogens with two attached hydrogens (primary N) is 1. The lowest BCUT2D eigenvalue weighted by Crippen LogP contribution is -2.50. The van der Waals surface area contributed by atoms with Crippen LogP contribution in [-0.2, 0) is 25.5 Å². The van der Waals surface area contributed by atoms with Crippen LogP contribution in [0.25, 0.3) is 11.3 Å². The number of nitrogens with one attached hydrogen (secondary N) is 3. The lowest BCUT2D eigenvalue weighted by atomic mass is 10.0. The largest absolute Gasteiger partial charge is 0.497 e. The van der Waals surface area contributed by atoms with Crippen LogP contribution in [0.15, 0.2) is 72.8 Å². The molecule has 3 aromatic rings. The van der Waals surface area contributed by atoms with Gasteiger partial charge in [-0.2, -0.15) is 0 Å². The highest BCUT2D eigenvalue weighted by Gasteiger charge is 2.25. The predicted molar refractivity (Wildman–Crippen MR) is 157 cm³/mol. The van der Waals surface area contributed by atoms with E-state index in [-0.39, 0.29) is 31.6 Å². The fourth-order valence-corrected chi connectivity index (χ4v) is 4.19. The number of aromatic nitrogens is 1. The van der Waals surface area contributed by atoms with E-state index in [4.69, 9.17) is 19.9 Å². The number of benzene rings is 2. The van der Waals surface area contributed by atoms with Crippen LogP contribution in [0.5, 0.6) is 11.5 Å². The van der Waals surface area contributed by atoms with Gasteiger partial charge in [-0.05, 0) is 49.2 Å². The van der Waals surface area contributed by atoms with Crippen LogP contribution in [0.1, 0.15) is 35.8 Å². The maximum absolute atomic E-state index is 13.5. The van der Waals surface area contributed by atoms with Gasteiger partial charge in [0.25, 0.3) is 5.91 Å². The van der Waals surface area contributed by atoms with Crippen molar-refractivity contribution in [2.45, 2.75) is 38.3 Å². The van der Waals surface area contributed by atoms with E-state index in [1.165, 1.54) is 12.2 Å². The van der Waals surface area contributed by atoms with Crippen LogP contribution in [0, 0.1) is 0 Å². The van der Waals surface area contributed by atoms with Crippen LogP contribution in [-0.4, -0.2) is 61.6 Å². The molecule has 0 saturated heterocycles. The summed E-state index contributed by atoms with van der Waals surface area (Å²) < 4.78 is 15.7. The van der Waals surface area contributed by atoms with Gasteiger partial charge in [0, 0.05) is 36.2 Å². The topological polar surface area (TPSA) is 162 Å². The first kappa shape index (κ1) is 31.5. The van der Waals surface area contributed by atoms with Crippen LogP contribution < -0.4 is 25.8 Å². The monoisotopic (exact) mass is 576 g/mol. The summed E-state index contributed by atoms with van der Waals surface area (Å²) in [5.41, 5.74) is 7.67. The summed E-state index contributed by atoms with van der Waals surface area (Å²) in [5, 5.41) is 5.62. The zero-order chi connectivity index (χ0) is 30.5. The first-order valence-corrected chi connectivity index (χ1v) is 13.4. The Labute approximate surface area is 244 Å². The molecule has 0 aliphatic rings. The van der Waals surface area contributed by atoms with Crippen LogP contribution in [0.2, 0.25) is 0 Å². The van der Waals surface area contributed by atoms with Gasteiger partial charge in [-0.1, -0.05) is 36.4 Å². The van der Waals surface area contributed by atoms with Crippen LogP contribution >= 0.6 is 0 Å². The molecular weight excluding hydrogens is 540 g/mol. The quantitative estimate of drug-likeness (QED) is 0.160. The molecule has 0 bridgehead atoms. The van der Waals surface area contributed by atoms with Gasteiger partial charge in [-0.15, -0.1) is 0 Å². The summed E-state index contributed by atoms with van der Waals surface area (Å²) in [7, 11) is 3.11. The van der Waals surface area contributed by atoms with E-state index in [2.05, 4.69) is 15.6 Å². The van der Waals surface area contributed by atoms with Crippen LogP contribution in [0.4, 0.5) is 0 Å². The number of carbonyl (C=O) groups is 4. The molecule has 11 nitrogen and oxygen atoms in total. The molecule has 0 aliphatic carbocycles. The third kappa shape index (κ3) is 9.26. The van der Waals surface area contributed by atoms with Crippen molar-refractivity contribution in [1.82, 2.24) is 15.6 Å². The average molecular weight is 577 g/mol. The zero-order valence-electron chi connectivity index (χ0n) is 23.8. The fourth-order valence-electron chi connectivity index (χ4n) is 4.19. The Bertz CT molecular complexity index is 1400. The number of hydrogen-bond acceptors (Lipinski definition) is 7. The Morgan fingerprint density at radius 2 is 1.74 bits per heavy atom. The van der Waals surface area contributed by atoms with Crippen molar-refractivity contribution in [3.8, 4) is 22.8 Å². The highest BCUT2D eigenvalue weighted by Crippen LogP contribution is 2.32. The van der Waals surface area contributed by atoms with Gasteiger partial charge in [0.1, 0.15) is 23.2 Å². The molecule has 42 heavy (non-hydrogen) atoms. The molecule has 222 valence electrons. The third-order valence-corrected chi connectivity index (χ3v) is 6.31. The molecule has 5 N–H and O–H groups in total. The van der Waals surface area contributed by atoms with Gasteiger partial charge in [0.05, 0.1) is 20.8 Å². The minimum atomic E-state index is -0.981. The average Bonchev–Trinajstić information content (AvgIpc) is 3.49. The number of carbonyl (C=O) groups excluding carboxylic acids is 4. The maximum Gasteiger partial charge on any atom is 0.330 e. The lowest BCUT2D eigenvalue weighted by molar-refractivity contribution is -0.137. The van der Waals surface area contributed by atoms with Gasteiger partial charge < -0.3 is 35.6 Å². The SMILES string of the molecule is CCOC(=O)C=C[C@H](CCC(N)=O)NC(=O)[C@H](Cc1ccccc1)NC(=O)c1ccc(-c2cc(OC)ccc2OC)[nH]1. The number of methoxy groups -OCH3 is 2. The number of amides is 3. The van der Waals surface area contributed by atoms with Crippen molar-refractivity contribution in [3.63, 3.8) is 0 Å². The van der Waals surface area contributed by atoms with E-state index in [9.17, 15) is 19.2 Å². The zero-order valence-corrected chi connectivity index (χ0v) is 23.8. The number of ether oxygens (including phenoxy) is 3. The Balaban J connectivity index is 1.83. The van der Waals surface area contributed by atoms with E-state index >= 15 is 0 Å².